The molecule has 0 amide bonds. The van der Waals surface area contributed by atoms with Gasteiger partial charge in [-0.05, 0) is 60.2 Å². The van der Waals surface area contributed by atoms with Crippen molar-refractivity contribution in [3.63, 3.8) is 0 Å². The second-order valence-electron chi connectivity index (χ2n) is 7.25. The first-order valence-corrected chi connectivity index (χ1v) is 10.7. The highest BCUT2D eigenvalue weighted by molar-refractivity contribution is 7.80. The molecule has 0 aromatic carbocycles. The van der Waals surface area contributed by atoms with Crippen LogP contribution in [0.2, 0.25) is 5.02 Å². The molecule has 1 fully saturated rings. The zero-order valence-corrected chi connectivity index (χ0v) is 18.0. The molecule has 0 bridgehead atoms. The highest BCUT2D eigenvalue weighted by atomic mass is 35.5. The van der Waals surface area contributed by atoms with Gasteiger partial charge in [-0.1, -0.05) is 23.7 Å². The lowest BCUT2D eigenvalue weighted by Crippen LogP contribution is -2.30. The van der Waals surface area contributed by atoms with Crippen LogP contribution in [0.3, 0.4) is 0 Å². The monoisotopic (exact) mass is 446 g/mol. The van der Waals surface area contributed by atoms with Gasteiger partial charge in [-0.15, -0.1) is 0 Å². The summed E-state index contributed by atoms with van der Waals surface area (Å²) in [5.74, 6) is 0.795. The number of halogens is 1. The largest absolute Gasteiger partial charge is 0.352 e. The summed E-state index contributed by atoms with van der Waals surface area (Å²) < 4.78 is 2.07. The molecule has 31 heavy (non-hydrogen) atoms. The summed E-state index contributed by atoms with van der Waals surface area (Å²) in [5.41, 5.74) is 3.07. The number of pyridine rings is 3. The molecule has 5 heterocycles. The van der Waals surface area contributed by atoms with Crippen LogP contribution in [0.5, 0.6) is 0 Å². The summed E-state index contributed by atoms with van der Waals surface area (Å²) in [6, 6.07) is 17.6. The zero-order valence-electron chi connectivity index (χ0n) is 16.5. The van der Waals surface area contributed by atoms with Gasteiger partial charge in [-0.25, -0.2) is 4.98 Å². The van der Waals surface area contributed by atoms with E-state index in [1.54, 1.807) is 18.6 Å². The van der Waals surface area contributed by atoms with E-state index in [9.17, 15) is 0 Å². The van der Waals surface area contributed by atoms with Gasteiger partial charge in [0.25, 0.3) is 0 Å². The number of aromatic nitrogens is 4. The number of rotatable bonds is 5. The van der Waals surface area contributed by atoms with Crippen molar-refractivity contribution >= 4 is 28.9 Å². The number of nitrogens with zero attached hydrogens (tertiary/aromatic N) is 5. The van der Waals surface area contributed by atoms with E-state index < -0.39 is 0 Å². The number of nitrogens with one attached hydrogen (secondary N) is 1. The molecule has 2 unspecified atom stereocenters. The number of hydrogen-bond acceptors (Lipinski definition) is 4. The summed E-state index contributed by atoms with van der Waals surface area (Å²) in [5, 5.41) is 4.77. The van der Waals surface area contributed by atoms with Gasteiger partial charge in [0.05, 0.1) is 22.8 Å². The van der Waals surface area contributed by atoms with Gasteiger partial charge >= 0.3 is 0 Å². The van der Waals surface area contributed by atoms with E-state index in [-0.39, 0.29) is 12.1 Å². The van der Waals surface area contributed by atoms with Crippen LogP contribution in [0.4, 0.5) is 0 Å². The molecular weight excluding hydrogens is 428 g/mol. The normalized spacial score (nSPS) is 18.2. The molecule has 154 valence electrons. The van der Waals surface area contributed by atoms with Gasteiger partial charge in [0.2, 0.25) is 0 Å². The Labute approximate surface area is 190 Å². The van der Waals surface area contributed by atoms with Crippen LogP contribution < -0.4 is 5.32 Å². The van der Waals surface area contributed by atoms with Crippen molar-refractivity contribution < 1.29 is 0 Å². The van der Waals surface area contributed by atoms with Gasteiger partial charge in [-0.3, -0.25) is 9.97 Å². The average Bonchev–Trinajstić information content (AvgIpc) is 3.40. The number of hydrogen-bond donors (Lipinski definition) is 1. The maximum atomic E-state index is 6.05. The van der Waals surface area contributed by atoms with Crippen LogP contribution in [0.1, 0.15) is 29.0 Å². The Morgan fingerprint density at radius 3 is 2.65 bits per heavy atom. The predicted octanol–water partition coefficient (Wildman–Crippen LogP) is 4.49. The van der Waals surface area contributed by atoms with Crippen LogP contribution in [-0.4, -0.2) is 29.5 Å². The first-order valence-electron chi connectivity index (χ1n) is 9.87. The van der Waals surface area contributed by atoms with Crippen LogP contribution in [0.15, 0.2) is 85.6 Å². The fourth-order valence-corrected chi connectivity index (χ4v) is 4.36. The molecule has 6 nitrogen and oxygen atoms in total. The van der Waals surface area contributed by atoms with Crippen molar-refractivity contribution in [2.24, 2.45) is 0 Å². The third-order valence-electron chi connectivity index (χ3n) is 5.32. The Kier molecular flexibility index (Phi) is 5.36. The third-order valence-corrected chi connectivity index (χ3v) is 5.89. The molecule has 4 aromatic heterocycles. The SMILES string of the molecule is S=C1NC(c2ccccn2)C(c2cccn2-c2ccc(Cl)cn2)N1Cc1cccnc1. The van der Waals surface area contributed by atoms with Crippen LogP contribution in [0.25, 0.3) is 5.82 Å². The van der Waals surface area contributed by atoms with E-state index in [2.05, 4.69) is 41.9 Å². The summed E-state index contributed by atoms with van der Waals surface area (Å²) in [4.78, 5) is 15.6. The van der Waals surface area contributed by atoms with Gasteiger partial charge < -0.3 is 14.8 Å². The van der Waals surface area contributed by atoms with E-state index in [1.165, 1.54) is 0 Å². The molecule has 2 atom stereocenters. The fraction of sp³-hybridized carbons (Fsp3) is 0.130. The van der Waals surface area contributed by atoms with Crippen molar-refractivity contribution in [3.8, 4) is 5.82 Å². The van der Waals surface area contributed by atoms with Gasteiger partial charge in [0.1, 0.15) is 5.82 Å². The highest BCUT2D eigenvalue weighted by Crippen LogP contribution is 2.40. The van der Waals surface area contributed by atoms with E-state index in [0.29, 0.717) is 16.7 Å². The Morgan fingerprint density at radius 1 is 0.968 bits per heavy atom. The van der Waals surface area contributed by atoms with Gasteiger partial charge in [0.15, 0.2) is 5.11 Å². The quantitative estimate of drug-likeness (QED) is 0.456. The van der Waals surface area contributed by atoms with Crippen molar-refractivity contribution in [3.05, 3.63) is 108 Å². The minimum absolute atomic E-state index is 0.0879. The lowest BCUT2D eigenvalue weighted by molar-refractivity contribution is 0.302. The lowest BCUT2D eigenvalue weighted by atomic mass is 10.0. The second-order valence-corrected chi connectivity index (χ2v) is 8.08. The summed E-state index contributed by atoms with van der Waals surface area (Å²) in [6.07, 6.45) is 9.11. The minimum Gasteiger partial charge on any atom is -0.352 e. The maximum absolute atomic E-state index is 6.05. The highest BCUT2D eigenvalue weighted by Gasteiger charge is 2.41. The maximum Gasteiger partial charge on any atom is 0.170 e. The van der Waals surface area contributed by atoms with E-state index in [1.807, 2.05) is 54.9 Å². The molecule has 0 saturated carbocycles. The molecule has 0 aliphatic carbocycles. The summed E-state index contributed by atoms with van der Waals surface area (Å²) in [7, 11) is 0. The second kappa shape index (κ2) is 8.45. The average molecular weight is 447 g/mol. The molecule has 5 rings (SSSR count). The van der Waals surface area contributed by atoms with E-state index >= 15 is 0 Å². The van der Waals surface area contributed by atoms with Crippen molar-refractivity contribution in [2.75, 3.05) is 0 Å². The molecule has 0 spiro atoms. The molecule has 1 saturated heterocycles. The van der Waals surface area contributed by atoms with Crippen LogP contribution in [-0.2, 0) is 6.54 Å². The van der Waals surface area contributed by atoms with Crippen molar-refractivity contribution in [1.82, 2.24) is 29.7 Å². The Morgan fingerprint density at radius 2 is 1.90 bits per heavy atom. The smallest absolute Gasteiger partial charge is 0.170 e. The third kappa shape index (κ3) is 3.89. The Hall–Kier alpha value is -3.29. The molecule has 1 N–H and O–H groups in total. The lowest BCUT2D eigenvalue weighted by Gasteiger charge is -2.28. The molecular formula is C23H19ClN6S. The summed E-state index contributed by atoms with van der Waals surface area (Å²) >= 11 is 11.8. The van der Waals surface area contributed by atoms with Crippen LogP contribution >= 0.6 is 23.8 Å². The molecule has 1 aliphatic heterocycles. The Bertz CT molecular complexity index is 1180. The topological polar surface area (TPSA) is 58.9 Å². The first-order chi connectivity index (χ1) is 15.2. The molecule has 4 aromatic rings. The molecule has 8 heteroatoms. The van der Waals surface area contributed by atoms with E-state index in [4.69, 9.17) is 23.8 Å². The number of thiocarbonyl (C=S) groups is 1. The van der Waals surface area contributed by atoms with Gasteiger partial charge in [0, 0.05) is 43.2 Å². The molecule has 1 aliphatic rings. The minimum atomic E-state index is -0.105. The standard InChI is InChI=1S/C23H19ClN6S/c24-17-8-9-20(27-14-17)29-12-4-7-19(29)22-21(18-6-1-2-11-26-18)28-23(31)30(22)15-16-5-3-10-25-13-16/h1-14,21-22H,15H2,(H,28,31). The van der Waals surface area contributed by atoms with Gasteiger partial charge in [-0.2, -0.15) is 0 Å². The Balaban J connectivity index is 1.60. The van der Waals surface area contributed by atoms with Crippen molar-refractivity contribution in [2.45, 2.75) is 18.6 Å². The summed E-state index contributed by atoms with van der Waals surface area (Å²) in [6.45, 7) is 0.632. The van der Waals surface area contributed by atoms with E-state index in [0.717, 1.165) is 22.8 Å². The predicted molar refractivity (Wildman–Crippen MR) is 124 cm³/mol. The zero-order chi connectivity index (χ0) is 21.2. The van der Waals surface area contributed by atoms with Crippen molar-refractivity contribution in [1.29, 1.82) is 0 Å². The molecule has 0 radical (unpaired) electrons. The fourth-order valence-electron chi connectivity index (χ4n) is 3.94. The first kappa shape index (κ1) is 19.7. The van der Waals surface area contributed by atoms with Crippen LogP contribution in [0, 0.1) is 0 Å².